The molecule has 0 aliphatic carbocycles. The maximum atomic E-state index is 11.6. The van der Waals surface area contributed by atoms with Gasteiger partial charge in [-0.2, -0.15) is 0 Å². The first-order chi connectivity index (χ1) is 8.79. The van der Waals surface area contributed by atoms with E-state index in [0.717, 1.165) is 0 Å². The number of rotatable bonds is 7. The molecule has 0 rings (SSSR count). The number of hydrogen-bond acceptors (Lipinski definition) is 4. The SMILES string of the molecule is COC(=O)C(NC(=O)NCCC(C)C(=O)O)C(C)C. The van der Waals surface area contributed by atoms with Crippen LogP contribution < -0.4 is 10.6 Å². The predicted molar refractivity (Wildman–Crippen MR) is 68.6 cm³/mol. The van der Waals surface area contributed by atoms with Gasteiger partial charge in [-0.15, -0.1) is 0 Å². The molecule has 0 aromatic carbocycles. The van der Waals surface area contributed by atoms with Gasteiger partial charge in [0.1, 0.15) is 6.04 Å². The van der Waals surface area contributed by atoms with Gasteiger partial charge in [0, 0.05) is 6.54 Å². The summed E-state index contributed by atoms with van der Waals surface area (Å²) < 4.78 is 4.59. The Morgan fingerprint density at radius 1 is 1.21 bits per heavy atom. The first-order valence-corrected chi connectivity index (χ1v) is 6.14. The minimum absolute atomic E-state index is 0.101. The zero-order valence-electron chi connectivity index (χ0n) is 11.7. The summed E-state index contributed by atoms with van der Waals surface area (Å²) in [6, 6.07) is -1.23. The van der Waals surface area contributed by atoms with E-state index in [-0.39, 0.29) is 12.5 Å². The summed E-state index contributed by atoms with van der Waals surface area (Å²) in [5.41, 5.74) is 0. The lowest BCUT2D eigenvalue weighted by Gasteiger charge is -2.20. The van der Waals surface area contributed by atoms with E-state index in [1.807, 2.05) is 0 Å². The molecule has 0 saturated carbocycles. The maximum absolute atomic E-state index is 11.6. The molecule has 0 saturated heterocycles. The van der Waals surface area contributed by atoms with Gasteiger partial charge in [0.25, 0.3) is 0 Å². The number of carboxylic acid groups (broad SMARTS) is 1. The summed E-state index contributed by atoms with van der Waals surface area (Å²) in [5.74, 6) is -2.04. The molecule has 0 fully saturated rings. The predicted octanol–water partition coefficient (Wildman–Crippen LogP) is 0.594. The van der Waals surface area contributed by atoms with Crippen LogP contribution in [0.5, 0.6) is 0 Å². The minimum Gasteiger partial charge on any atom is -0.481 e. The highest BCUT2D eigenvalue weighted by molar-refractivity contribution is 5.83. The van der Waals surface area contributed by atoms with E-state index in [2.05, 4.69) is 15.4 Å². The summed E-state index contributed by atoms with van der Waals surface area (Å²) in [4.78, 5) is 33.6. The highest BCUT2D eigenvalue weighted by Crippen LogP contribution is 2.03. The molecule has 2 amide bonds. The van der Waals surface area contributed by atoms with E-state index in [1.54, 1.807) is 20.8 Å². The number of hydrogen-bond donors (Lipinski definition) is 3. The van der Waals surface area contributed by atoms with Gasteiger partial charge in [-0.25, -0.2) is 9.59 Å². The Morgan fingerprint density at radius 3 is 2.21 bits per heavy atom. The Kier molecular flexibility index (Phi) is 7.55. The van der Waals surface area contributed by atoms with Crippen molar-refractivity contribution >= 4 is 18.0 Å². The lowest BCUT2D eigenvalue weighted by Crippen LogP contribution is -2.49. The Morgan fingerprint density at radius 2 is 1.79 bits per heavy atom. The number of carbonyl (C=O) groups excluding carboxylic acids is 2. The van der Waals surface area contributed by atoms with Crippen LogP contribution in [0.4, 0.5) is 4.79 Å². The largest absolute Gasteiger partial charge is 0.481 e. The molecule has 0 bridgehead atoms. The molecule has 0 aliphatic rings. The first-order valence-electron chi connectivity index (χ1n) is 6.14. The summed E-state index contributed by atoms with van der Waals surface area (Å²) in [5, 5.41) is 13.7. The van der Waals surface area contributed by atoms with Gasteiger partial charge in [-0.05, 0) is 12.3 Å². The van der Waals surface area contributed by atoms with Crippen molar-refractivity contribution < 1.29 is 24.2 Å². The zero-order valence-corrected chi connectivity index (χ0v) is 11.7. The topological polar surface area (TPSA) is 105 Å². The van der Waals surface area contributed by atoms with Gasteiger partial charge in [-0.1, -0.05) is 20.8 Å². The molecular weight excluding hydrogens is 252 g/mol. The van der Waals surface area contributed by atoms with E-state index in [1.165, 1.54) is 7.11 Å². The fourth-order valence-electron chi connectivity index (χ4n) is 1.34. The number of carboxylic acids is 1. The fourth-order valence-corrected chi connectivity index (χ4v) is 1.34. The summed E-state index contributed by atoms with van der Waals surface area (Å²) in [6.07, 6.45) is 0.327. The second-order valence-electron chi connectivity index (χ2n) is 4.67. The Hall–Kier alpha value is -1.79. The number of aliphatic carboxylic acids is 1. The minimum atomic E-state index is -0.906. The second kappa shape index (κ2) is 8.34. The molecular formula is C12H22N2O5. The molecule has 0 aliphatic heterocycles. The van der Waals surface area contributed by atoms with Gasteiger partial charge in [0.2, 0.25) is 0 Å². The molecule has 0 spiro atoms. The average molecular weight is 274 g/mol. The standard InChI is InChI=1S/C12H22N2O5/c1-7(2)9(11(17)19-4)14-12(18)13-6-5-8(3)10(15)16/h7-9H,5-6H2,1-4H3,(H,15,16)(H2,13,14,18). The van der Waals surface area contributed by atoms with Crippen LogP contribution in [-0.2, 0) is 14.3 Å². The molecule has 0 radical (unpaired) electrons. The molecule has 7 heteroatoms. The van der Waals surface area contributed by atoms with E-state index in [0.29, 0.717) is 6.42 Å². The summed E-state index contributed by atoms with van der Waals surface area (Å²) in [6.45, 7) is 5.36. The van der Waals surface area contributed by atoms with Gasteiger partial charge < -0.3 is 20.5 Å². The number of urea groups is 1. The third-order valence-corrected chi connectivity index (χ3v) is 2.69. The van der Waals surface area contributed by atoms with Crippen molar-refractivity contribution in [2.75, 3.05) is 13.7 Å². The Labute approximate surface area is 112 Å². The summed E-state index contributed by atoms with van der Waals surface area (Å²) >= 11 is 0. The molecule has 19 heavy (non-hydrogen) atoms. The third-order valence-electron chi connectivity index (χ3n) is 2.69. The quantitative estimate of drug-likeness (QED) is 0.589. The molecule has 2 atom stereocenters. The highest BCUT2D eigenvalue weighted by atomic mass is 16.5. The molecule has 3 N–H and O–H groups in total. The van der Waals surface area contributed by atoms with Crippen molar-refractivity contribution in [1.82, 2.24) is 10.6 Å². The number of carbonyl (C=O) groups is 3. The van der Waals surface area contributed by atoms with Crippen molar-refractivity contribution in [3.05, 3.63) is 0 Å². The van der Waals surface area contributed by atoms with Crippen LogP contribution in [0.15, 0.2) is 0 Å². The van der Waals surface area contributed by atoms with Crippen LogP contribution in [0.3, 0.4) is 0 Å². The zero-order chi connectivity index (χ0) is 15.0. The number of amides is 2. The Balaban J connectivity index is 4.14. The lowest BCUT2D eigenvalue weighted by molar-refractivity contribution is -0.144. The van der Waals surface area contributed by atoms with Crippen LogP contribution in [0.1, 0.15) is 27.2 Å². The molecule has 7 nitrogen and oxygen atoms in total. The normalized spacial score (nSPS) is 13.5. The maximum Gasteiger partial charge on any atom is 0.328 e. The number of methoxy groups -OCH3 is 1. The molecule has 0 aromatic rings. The van der Waals surface area contributed by atoms with Crippen molar-refractivity contribution in [3.8, 4) is 0 Å². The van der Waals surface area contributed by atoms with Crippen molar-refractivity contribution in [2.24, 2.45) is 11.8 Å². The molecule has 2 unspecified atom stereocenters. The number of nitrogens with one attached hydrogen (secondary N) is 2. The summed E-state index contributed by atoms with van der Waals surface area (Å²) in [7, 11) is 1.26. The molecule has 0 aromatic heterocycles. The molecule has 110 valence electrons. The van der Waals surface area contributed by atoms with Gasteiger partial charge in [0.05, 0.1) is 13.0 Å². The van der Waals surface area contributed by atoms with E-state index in [4.69, 9.17) is 5.11 Å². The first kappa shape index (κ1) is 17.2. The van der Waals surface area contributed by atoms with Gasteiger partial charge in [-0.3, -0.25) is 4.79 Å². The third kappa shape index (κ3) is 6.64. The number of ether oxygens (including phenoxy) is 1. The highest BCUT2D eigenvalue weighted by Gasteiger charge is 2.24. The van der Waals surface area contributed by atoms with Gasteiger partial charge >= 0.3 is 18.0 Å². The van der Waals surface area contributed by atoms with Crippen LogP contribution in [0.25, 0.3) is 0 Å². The van der Waals surface area contributed by atoms with E-state index in [9.17, 15) is 14.4 Å². The van der Waals surface area contributed by atoms with Gasteiger partial charge in [0.15, 0.2) is 0 Å². The van der Waals surface area contributed by atoms with Crippen LogP contribution in [-0.4, -0.2) is 42.8 Å². The lowest BCUT2D eigenvalue weighted by atomic mass is 10.1. The average Bonchev–Trinajstić information content (AvgIpc) is 2.34. The van der Waals surface area contributed by atoms with Crippen molar-refractivity contribution in [2.45, 2.75) is 33.2 Å². The van der Waals surface area contributed by atoms with Crippen LogP contribution in [0, 0.1) is 11.8 Å². The van der Waals surface area contributed by atoms with Crippen LogP contribution >= 0.6 is 0 Å². The molecule has 0 heterocycles. The van der Waals surface area contributed by atoms with E-state index < -0.39 is 29.9 Å². The van der Waals surface area contributed by atoms with Crippen molar-refractivity contribution in [1.29, 1.82) is 0 Å². The Bertz CT molecular complexity index is 330. The van der Waals surface area contributed by atoms with Crippen LogP contribution in [0.2, 0.25) is 0 Å². The van der Waals surface area contributed by atoms with Crippen molar-refractivity contribution in [3.63, 3.8) is 0 Å². The van der Waals surface area contributed by atoms with E-state index >= 15 is 0 Å². The fraction of sp³-hybridized carbons (Fsp3) is 0.750. The second-order valence-corrected chi connectivity index (χ2v) is 4.67. The monoisotopic (exact) mass is 274 g/mol. The number of esters is 1. The smallest absolute Gasteiger partial charge is 0.328 e.